The summed E-state index contributed by atoms with van der Waals surface area (Å²) in [6.07, 6.45) is 0. The third-order valence-electron chi connectivity index (χ3n) is 1.96. The van der Waals surface area contributed by atoms with Crippen LogP contribution >= 0.6 is 0 Å². The van der Waals surface area contributed by atoms with Crippen molar-refractivity contribution in [1.29, 1.82) is 0 Å². The van der Waals surface area contributed by atoms with Gasteiger partial charge in [-0.25, -0.2) is 0 Å². The van der Waals surface area contributed by atoms with Gasteiger partial charge in [0.2, 0.25) is 0 Å². The van der Waals surface area contributed by atoms with E-state index in [2.05, 4.69) is 10.0 Å². The van der Waals surface area contributed by atoms with Gasteiger partial charge in [-0.2, -0.15) is 0 Å². The van der Waals surface area contributed by atoms with Gasteiger partial charge in [0.05, 0.1) is 0 Å². The number of benzene rings is 1. The van der Waals surface area contributed by atoms with Crippen LogP contribution in [0.4, 0.5) is 5.69 Å². The monoisotopic (exact) mass is 161 g/mol. The molecule has 0 heterocycles. The highest BCUT2D eigenvalue weighted by Gasteiger charge is 1.98. The molecule has 62 valence electrons. The average Bonchev–Trinajstić information content (AvgIpc) is 2.01. The maximum Gasteiger partial charge on any atom is 0.0407 e. The van der Waals surface area contributed by atoms with Crippen LogP contribution in [0, 0.1) is 20.8 Å². The first kappa shape index (κ1) is 8.62. The smallest absolute Gasteiger partial charge is 0.0407 e. The van der Waals surface area contributed by atoms with Crippen molar-refractivity contribution in [2.75, 3.05) is 0 Å². The Morgan fingerprint density at radius 3 is 2.25 bits per heavy atom. The standard InChI is InChI=1S/C9H11N3/c1-6-4-8(3)9(11-12-10)5-7(6)2/h4-5H,1-3H3. The topological polar surface area (TPSA) is 48.8 Å². The van der Waals surface area contributed by atoms with Gasteiger partial charge in [-0.15, -0.1) is 0 Å². The van der Waals surface area contributed by atoms with E-state index in [4.69, 9.17) is 5.53 Å². The van der Waals surface area contributed by atoms with Gasteiger partial charge < -0.3 is 0 Å². The molecule has 0 N–H and O–H groups in total. The summed E-state index contributed by atoms with van der Waals surface area (Å²) in [5, 5.41) is 3.59. The molecule has 0 saturated carbocycles. The Kier molecular flexibility index (Phi) is 2.36. The predicted octanol–water partition coefficient (Wildman–Crippen LogP) is 3.55. The minimum Gasteiger partial charge on any atom is -0.0605 e. The van der Waals surface area contributed by atoms with Gasteiger partial charge in [-0.3, -0.25) is 0 Å². The zero-order chi connectivity index (χ0) is 9.14. The van der Waals surface area contributed by atoms with Crippen LogP contribution in [0.15, 0.2) is 17.2 Å². The summed E-state index contributed by atoms with van der Waals surface area (Å²) in [6, 6.07) is 3.93. The van der Waals surface area contributed by atoms with Crippen LogP contribution in [0.1, 0.15) is 16.7 Å². The number of azide groups is 1. The Morgan fingerprint density at radius 2 is 1.67 bits per heavy atom. The molecule has 0 amide bonds. The first-order chi connectivity index (χ1) is 5.65. The Labute approximate surface area is 71.7 Å². The summed E-state index contributed by atoms with van der Waals surface area (Å²) in [5.41, 5.74) is 12.4. The molecule has 1 rings (SSSR count). The highest BCUT2D eigenvalue weighted by Crippen LogP contribution is 2.22. The lowest BCUT2D eigenvalue weighted by Crippen LogP contribution is -1.82. The number of aryl methyl sites for hydroxylation is 3. The quantitative estimate of drug-likeness (QED) is 0.343. The van der Waals surface area contributed by atoms with Crippen LogP contribution in [0.5, 0.6) is 0 Å². The van der Waals surface area contributed by atoms with E-state index in [9.17, 15) is 0 Å². The van der Waals surface area contributed by atoms with Gasteiger partial charge in [0.1, 0.15) is 0 Å². The highest BCUT2D eigenvalue weighted by molar-refractivity contribution is 5.50. The first-order valence-electron chi connectivity index (χ1n) is 3.78. The minimum absolute atomic E-state index is 0.723. The van der Waals surface area contributed by atoms with Gasteiger partial charge in [0.25, 0.3) is 0 Å². The summed E-state index contributed by atoms with van der Waals surface area (Å²) >= 11 is 0. The molecule has 0 bridgehead atoms. The summed E-state index contributed by atoms with van der Waals surface area (Å²) in [5.74, 6) is 0. The van der Waals surface area contributed by atoms with Crippen molar-refractivity contribution >= 4 is 5.69 Å². The molecule has 0 fully saturated rings. The normalized spacial score (nSPS) is 9.25. The summed E-state index contributed by atoms with van der Waals surface area (Å²) in [6.45, 7) is 5.99. The summed E-state index contributed by atoms with van der Waals surface area (Å²) < 4.78 is 0. The fourth-order valence-electron chi connectivity index (χ4n) is 1.10. The molecule has 3 nitrogen and oxygen atoms in total. The molecular weight excluding hydrogens is 150 g/mol. The van der Waals surface area contributed by atoms with Gasteiger partial charge in [0.15, 0.2) is 0 Å². The largest absolute Gasteiger partial charge is 0.0605 e. The molecular formula is C9H11N3. The van der Waals surface area contributed by atoms with Crippen molar-refractivity contribution in [3.63, 3.8) is 0 Å². The Balaban J connectivity index is 3.32. The first-order valence-corrected chi connectivity index (χ1v) is 3.78. The zero-order valence-corrected chi connectivity index (χ0v) is 7.50. The van der Waals surface area contributed by atoms with Gasteiger partial charge in [-0.1, -0.05) is 11.2 Å². The lowest BCUT2D eigenvalue weighted by atomic mass is 10.1. The SMILES string of the molecule is Cc1cc(C)c(N=[N+]=[N-])cc1C. The maximum atomic E-state index is 8.26. The molecule has 0 aromatic heterocycles. The van der Waals surface area contributed by atoms with E-state index in [1.807, 2.05) is 32.9 Å². The second-order valence-corrected chi connectivity index (χ2v) is 2.91. The van der Waals surface area contributed by atoms with Gasteiger partial charge in [0, 0.05) is 10.6 Å². The van der Waals surface area contributed by atoms with E-state index in [1.54, 1.807) is 0 Å². The van der Waals surface area contributed by atoms with E-state index < -0.39 is 0 Å². The summed E-state index contributed by atoms with van der Waals surface area (Å²) in [4.78, 5) is 2.76. The van der Waals surface area contributed by atoms with Gasteiger partial charge in [-0.05, 0) is 49.1 Å². The molecule has 0 aliphatic heterocycles. The molecule has 0 aliphatic carbocycles. The molecule has 0 atom stereocenters. The Morgan fingerprint density at radius 1 is 1.08 bits per heavy atom. The third kappa shape index (κ3) is 1.57. The highest BCUT2D eigenvalue weighted by atomic mass is 15.1. The van der Waals surface area contributed by atoms with Crippen LogP contribution in [0.3, 0.4) is 0 Å². The fourth-order valence-corrected chi connectivity index (χ4v) is 1.10. The second-order valence-electron chi connectivity index (χ2n) is 2.91. The molecule has 12 heavy (non-hydrogen) atoms. The molecule has 0 radical (unpaired) electrons. The molecule has 0 saturated heterocycles. The van der Waals surface area contributed by atoms with E-state index in [0.717, 1.165) is 16.8 Å². The third-order valence-corrected chi connectivity index (χ3v) is 1.96. The van der Waals surface area contributed by atoms with E-state index in [1.165, 1.54) is 5.56 Å². The number of hydrogen-bond acceptors (Lipinski definition) is 1. The Hall–Kier alpha value is -1.47. The summed E-state index contributed by atoms with van der Waals surface area (Å²) in [7, 11) is 0. The molecule has 0 unspecified atom stereocenters. The van der Waals surface area contributed by atoms with Crippen molar-refractivity contribution < 1.29 is 0 Å². The van der Waals surface area contributed by atoms with Gasteiger partial charge >= 0.3 is 0 Å². The van der Waals surface area contributed by atoms with Crippen molar-refractivity contribution in [3.05, 3.63) is 39.3 Å². The fraction of sp³-hybridized carbons (Fsp3) is 0.333. The van der Waals surface area contributed by atoms with Crippen LogP contribution < -0.4 is 0 Å². The minimum atomic E-state index is 0.723. The number of rotatable bonds is 1. The zero-order valence-electron chi connectivity index (χ0n) is 7.50. The van der Waals surface area contributed by atoms with Crippen molar-refractivity contribution in [2.24, 2.45) is 5.11 Å². The number of nitrogens with zero attached hydrogens (tertiary/aromatic N) is 3. The van der Waals surface area contributed by atoms with Crippen molar-refractivity contribution in [1.82, 2.24) is 0 Å². The van der Waals surface area contributed by atoms with Crippen LogP contribution in [-0.4, -0.2) is 0 Å². The Bertz CT molecular complexity index is 349. The average molecular weight is 161 g/mol. The molecule has 3 heteroatoms. The van der Waals surface area contributed by atoms with Crippen LogP contribution in [0.25, 0.3) is 10.4 Å². The van der Waals surface area contributed by atoms with E-state index in [-0.39, 0.29) is 0 Å². The molecule has 0 spiro atoms. The number of hydrogen-bond donors (Lipinski definition) is 0. The maximum absolute atomic E-state index is 8.26. The molecule has 1 aromatic rings. The lowest BCUT2D eigenvalue weighted by Gasteiger charge is -2.03. The second kappa shape index (κ2) is 3.28. The lowest BCUT2D eigenvalue weighted by molar-refractivity contribution is 1.27. The molecule has 1 aromatic carbocycles. The van der Waals surface area contributed by atoms with Crippen molar-refractivity contribution in [2.45, 2.75) is 20.8 Å². The van der Waals surface area contributed by atoms with E-state index in [0.29, 0.717) is 0 Å². The van der Waals surface area contributed by atoms with E-state index >= 15 is 0 Å². The van der Waals surface area contributed by atoms with Crippen molar-refractivity contribution in [3.8, 4) is 0 Å². The molecule has 0 aliphatic rings. The van der Waals surface area contributed by atoms with Crippen LogP contribution in [0.2, 0.25) is 0 Å². The van der Waals surface area contributed by atoms with Crippen LogP contribution in [-0.2, 0) is 0 Å². The predicted molar refractivity (Wildman–Crippen MR) is 49.5 cm³/mol.